The number of hydrogen-bond acceptors (Lipinski definition) is 5. The third kappa shape index (κ3) is 9.75. The Morgan fingerprint density at radius 1 is 0.421 bits per heavy atom. The monoisotopic (exact) mass is 930 g/mol. The van der Waals surface area contributed by atoms with Crippen LogP contribution in [0.4, 0.5) is 0 Å². The number of benzene rings is 4. The van der Waals surface area contributed by atoms with Crippen LogP contribution < -0.4 is 0 Å². The van der Waals surface area contributed by atoms with Crippen LogP contribution in [-0.2, 0) is 4.74 Å². The van der Waals surface area contributed by atoms with Gasteiger partial charge in [0.1, 0.15) is 0 Å². The molecule has 4 aromatic rings. The molecule has 0 bridgehead atoms. The molecule has 0 aliphatic rings. The number of Topliss-reactive ketones (excluding diaryl/α,β-unsaturated/α-hetero) is 4. The fourth-order valence-corrected chi connectivity index (χ4v) is 9.74. The number of ketones is 4. The molecule has 57 heavy (non-hydrogen) atoms. The van der Waals surface area contributed by atoms with Gasteiger partial charge >= 0.3 is 0 Å². The molecule has 0 amide bonds. The molecule has 0 radical (unpaired) electrons. The molecule has 0 heterocycles. The van der Waals surface area contributed by atoms with Gasteiger partial charge in [0.15, 0.2) is 11.2 Å². The molecule has 0 saturated carbocycles. The van der Waals surface area contributed by atoms with E-state index < -0.39 is 57.0 Å². The number of halogens is 8. The van der Waals surface area contributed by atoms with Gasteiger partial charge in [-0.1, -0.05) is 172 Å². The number of rotatable bonds is 14. The Hall–Kier alpha value is -2.16. The third-order valence-electron chi connectivity index (χ3n) is 9.66. The van der Waals surface area contributed by atoms with Crippen molar-refractivity contribution in [3.63, 3.8) is 0 Å². The average Bonchev–Trinajstić information content (AvgIpc) is 3.06. The van der Waals surface area contributed by atoms with Crippen LogP contribution in [0.5, 0.6) is 0 Å². The van der Waals surface area contributed by atoms with E-state index in [2.05, 4.69) is 0 Å². The molecule has 2 atom stereocenters. The Balaban J connectivity index is 2.38. The van der Waals surface area contributed by atoms with Gasteiger partial charge in [-0.2, -0.15) is 0 Å². The van der Waals surface area contributed by atoms with Crippen molar-refractivity contribution in [3.8, 4) is 0 Å². The highest BCUT2D eigenvalue weighted by atomic mass is 35.5. The van der Waals surface area contributed by atoms with Crippen molar-refractivity contribution in [2.75, 3.05) is 0 Å². The van der Waals surface area contributed by atoms with Crippen LogP contribution in [0, 0.1) is 22.7 Å². The molecule has 4 rings (SSSR count). The van der Waals surface area contributed by atoms with Crippen LogP contribution in [0.15, 0.2) is 72.8 Å². The van der Waals surface area contributed by atoms with Gasteiger partial charge in [-0.15, -0.1) is 0 Å². The Kier molecular flexibility index (Phi) is 15.2. The first-order valence-electron chi connectivity index (χ1n) is 18.0. The van der Waals surface area contributed by atoms with E-state index in [1.165, 1.54) is 72.8 Å². The van der Waals surface area contributed by atoms with E-state index in [1.807, 2.05) is 41.5 Å². The second-order valence-corrected chi connectivity index (χ2v) is 19.9. The minimum absolute atomic E-state index is 0.0977. The summed E-state index contributed by atoms with van der Waals surface area (Å²) in [7, 11) is 0. The summed E-state index contributed by atoms with van der Waals surface area (Å²) in [6, 6.07) is 17.5. The maximum absolute atomic E-state index is 15.9. The normalized spacial score (nSPS) is 13.6. The van der Waals surface area contributed by atoms with Gasteiger partial charge in [-0.25, -0.2) is 0 Å². The van der Waals surface area contributed by atoms with E-state index >= 15 is 19.2 Å². The molecule has 4 aromatic carbocycles. The number of carbonyl (C=O) groups is 4. The van der Waals surface area contributed by atoms with Crippen molar-refractivity contribution < 1.29 is 23.9 Å². The molecule has 5 nitrogen and oxygen atoms in total. The van der Waals surface area contributed by atoms with Gasteiger partial charge < -0.3 is 4.74 Å². The first kappa shape index (κ1) is 47.5. The van der Waals surface area contributed by atoms with Crippen molar-refractivity contribution in [2.24, 2.45) is 22.7 Å². The number of ether oxygens (including phenoxy) is 1. The summed E-state index contributed by atoms with van der Waals surface area (Å²) >= 11 is 54.2. The molecule has 0 saturated heterocycles. The summed E-state index contributed by atoms with van der Waals surface area (Å²) in [5.41, 5.74) is -8.10. The smallest absolute Gasteiger partial charge is 0.206 e. The largest absolute Gasteiger partial charge is 0.335 e. The van der Waals surface area contributed by atoms with E-state index in [-0.39, 0.29) is 75.3 Å². The minimum atomic E-state index is -2.84. The zero-order valence-electron chi connectivity index (χ0n) is 32.6. The topological polar surface area (TPSA) is 77.5 Å². The van der Waals surface area contributed by atoms with Crippen molar-refractivity contribution in [2.45, 2.75) is 79.4 Å². The lowest BCUT2D eigenvalue weighted by atomic mass is 9.67. The molecule has 0 aliphatic carbocycles. The van der Waals surface area contributed by atoms with Crippen LogP contribution in [0.2, 0.25) is 40.2 Å². The van der Waals surface area contributed by atoms with E-state index in [0.717, 1.165) is 0 Å². The first-order chi connectivity index (χ1) is 26.3. The van der Waals surface area contributed by atoms with E-state index in [1.54, 1.807) is 13.8 Å². The van der Waals surface area contributed by atoms with Gasteiger partial charge in [0, 0.05) is 11.8 Å². The van der Waals surface area contributed by atoms with Crippen LogP contribution in [-0.4, -0.2) is 34.3 Å². The van der Waals surface area contributed by atoms with E-state index in [0.29, 0.717) is 0 Å². The summed E-state index contributed by atoms with van der Waals surface area (Å²) in [6.07, 6.45) is 0.195. The molecule has 0 spiro atoms. The van der Waals surface area contributed by atoms with Crippen LogP contribution in [0.25, 0.3) is 0 Å². The SMILES string of the molecule is CC(CC(C)(C)C)C(OC(C(=O)c1c(Cl)cccc1Cl)(C(=O)c1c(Cl)cccc1Cl)C(C)CC(C)(C)C)(C(=O)c1c(Cl)cccc1Cl)C(=O)c1c(Cl)cccc1Cl. The average molecular weight is 934 g/mol. The van der Waals surface area contributed by atoms with Gasteiger partial charge in [0.05, 0.1) is 62.4 Å². The Morgan fingerprint density at radius 2 is 0.596 bits per heavy atom. The summed E-state index contributed by atoms with van der Waals surface area (Å²) in [6.45, 7) is 14.6. The fourth-order valence-electron chi connectivity index (χ4n) is 7.47. The third-order valence-corrected chi connectivity index (χ3v) is 12.2. The maximum atomic E-state index is 15.9. The molecule has 13 heteroatoms. The van der Waals surface area contributed by atoms with Crippen molar-refractivity contribution in [1.82, 2.24) is 0 Å². The lowest BCUT2D eigenvalue weighted by molar-refractivity contribution is -0.122. The summed E-state index contributed by atoms with van der Waals surface area (Å²) in [4.78, 5) is 63.7. The molecular formula is C44H42Cl8O5. The highest BCUT2D eigenvalue weighted by molar-refractivity contribution is 6.46. The van der Waals surface area contributed by atoms with Crippen LogP contribution in [0.3, 0.4) is 0 Å². The molecule has 0 aromatic heterocycles. The highest BCUT2D eigenvalue weighted by Gasteiger charge is 2.64. The highest BCUT2D eigenvalue weighted by Crippen LogP contribution is 2.50. The Labute approximate surface area is 374 Å². The quantitative estimate of drug-likeness (QED) is 0.0930. The van der Waals surface area contributed by atoms with E-state index in [4.69, 9.17) is 97.5 Å². The lowest BCUT2D eigenvalue weighted by Gasteiger charge is -2.48. The van der Waals surface area contributed by atoms with Gasteiger partial charge in [0.25, 0.3) is 0 Å². The van der Waals surface area contributed by atoms with Gasteiger partial charge in [-0.3, -0.25) is 19.2 Å². The summed E-state index contributed by atoms with van der Waals surface area (Å²) < 4.78 is 7.28. The molecule has 0 aliphatic heterocycles. The summed E-state index contributed by atoms with van der Waals surface area (Å²) in [5, 5.41) is -1.03. The zero-order chi connectivity index (χ0) is 43.0. The fraction of sp³-hybridized carbons (Fsp3) is 0.364. The van der Waals surface area contributed by atoms with Gasteiger partial charge in [0.2, 0.25) is 23.1 Å². The molecule has 0 fully saturated rings. The van der Waals surface area contributed by atoms with Crippen molar-refractivity contribution >= 4 is 116 Å². The van der Waals surface area contributed by atoms with Gasteiger partial charge in [-0.05, 0) is 72.2 Å². The molecule has 2 unspecified atom stereocenters. The Morgan fingerprint density at radius 3 is 0.754 bits per heavy atom. The number of carbonyl (C=O) groups excluding carboxylic acids is 4. The molecule has 304 valence electrons. The summed E-state index contributed by atoms with van der Waals surface area (Å²) in [5.74, 6) is -6.55. The van der Waals surface area contributed by atoms with Crippen LogP contribution in [0.1, 0.15) is 110 Å². The second kappa shape index (κ2) is 18.2. The van der Waals surface area contributed by atoms with Crippen LogP contribution >= 0.6 is 92.8 Å². The standard InChI is InChI=1S/C44H42Cl8O5/c1-23(21-41(3,4)5)43(37(53)33-25(45)13-9-14-26(33)46,38(54)34-27(47)15-10-16-28(34)48)57-44(24(2)22-42(6,7)8,39(55)35-29(49)17-11-18-30(35)50)40(56)36-31(51)19-12-20-32(36)52/h9-20,23-24H,21-22H2,1-8H3. The molecular weight excluding hydrogens is 892 g/mol. The predicted octanol–water partition coefficient (Wildman–Crippen LogP) is 15.4. The first-order valence-corrected chi connectivity index (χ1v) is 21.0. The minimum Gasteiger partial charge on any atom is -0.335 e. The predicted molar refractivity (Wildman–Crippen MR) is 236 cm³/mol. The number of hydrogen-bond donors (Lipinski definition) is 0. The van der Waals surface area contributed by atoms with Crippen molar-refractivity contribution in [1.29, 1.82) is 0 Å². The lowest BCUT2D eigenvalue weighted by Crippen LogP contribution is -2.66. The Bertz CT molecular complexity index is 1860. The maximum Gasteiger partial charge on any atom is 0.206 e. The van der Waals surface area contributed by atoms with E-state index in [9.17, 15) is 0 Å². The zero-order valence-corrected chi connectivity index (χ0v) is 38.6. The van der Waals surface area contributed by atoms with Crippen molar-refractivity contribution in [3.05, 3.63) is 135 Å². The molecule has 0 N–H and O–H groups in total. The second-order valence-electron chi connectivity index (χ2n) is 16.6.